The number of carbonyl (C=O) groups excluding carboxylic acids is 1. The Hall–Kier alpha value is -0.700. The van der Waals surface area contributed by atoms with Gasteiger partial charge in [-0.15, -0.1) is 0 Å². The Balaban J connectivity index is 2.43. The summed E-state index contributed by atoms with van der Waals surface area (Å²) in [4.78, 5) is 23.5. The van der Waals surface area contributed by atoms with E-state index in [4.69, 9.17) is 9.05 Å². The molecule has 9 N–H and O–H groups in total. The van der Waals surface area contributed by atoms with Crippen LogP contribution in [0.25, 0.3) is 0 Å². The molecule has 1 aliphatic carbocycles. The van der Waals surface area contributed by atoms with Crippen LogP contribution in [0.1, 0.15) is 239 Å². The maximum Gasteiger partial charge on any atom is 0.472 e. The molecule has 0 heterocycles. The summed E-state index contributed by atoms with van der Waals surface area (Å²) < 4.78 is 22.9. The number of aliphatic hydroxyl groups is 7. The van der Waals surface area contributed by atoms with Crippen LogP contribution in [0.2, 0.25) is 0 Å². The molecule has 62 heavy (non-hydrogen) atoms. The van der Waals surface area contributed by atoms with E-state index in [9.17, 15) is 50.0 Å². The lowest BCUT2D eigenvalue weighted by Gasteiger charge is -2.41. The number of rotatable bonds is 43. The molecule has 10 atom stereocenters. The van der Waals surface area contributed by atoms with Gasteiger partial charge in [-0.25, -0.2) is 4.57 Å². The highest BCUT2D eigenvalue weighted by molar-refractivity contribution is 7.47. The summed E-state index contributed by atoms with van der Waals surface area (Å²) in [5.74, 6) is -0.743. The normalized spacial score (nSPS) is 22.9. The van der Waals surface area contributed by atoms with E-state index >= 15 is 0 Å². The molecule has 13 nitrogen and oxygen atoms in total. The van der Waals surface area contributed by atoms with Crippen molar-refractivity contribution in [3.8, 4) is 0 Å². The Morgan fingerprint density at radius 3 is 1.11 bits per heavy atom. The minimum absolute atomic E-state index is 0.225. The van der Waals surface area contributed by atoms with Gasteiger partial charge in [0, 0.05) is 0 Å². The molecular formula is C48H96NO12P. The summed E-state index contributed by atoms with van der Waals surface area (Å²) in [5.41, 5.74) is 0. The Kier molecular flexibility index (Phi) is 36.7. The predicted octanol–water partition coefficient (Wildman–Crippen LogP) is 9.21. The molecule has 3 unspecified atom stereocenters. The van der Waals surface area contributed by atoms with Crippen LogP contribution in [0.3, 0.4) is 0 Å². The highest BCUT2D eigenvalue weighted by Crippen LogP contribution is 2.47. The van der Waals surface area contributed by atoms with Crippen molar-refractivity contribution >= 4 is 13.7 Å². The van der Waals surface area contributed by atoms with E-state index in [0.717, 1.165) is 44.9 Å². The number of unbranched alkanes of at least 4 members (excludes halogenated alkanes) is 31. The number of hydrogen-bond donors (Lipinski definition) is 9. The standard InChI is InChI=1S/C48H96NO12P/c1-3-5-7-9-11-13-15-17-18-19-20-21-22-23-25-27-29-31-33-35-37-41(51)48(57)49-39(40(50)36-34-32-30-28-26-24-16-14-12-10-8-6-4-2)38-60-62(58,59)61-47-45(55)43(53)42(52)44(54)46(47)56/h39-47,50-56H,3-38H2,1-2H3,(H,49,57)(H,58,59)/t39-,40+,41-,42?,43-,44+,45+,46+,47?/m0/s1. The molecule has 1 amide bonds. The first kappa shape index (κ1) is 59.3. The van der Waals surface area contributed by atoms with Crippen LogP contribution in [0.4, 0.5) is 0 Å². The van der Waals surface area contributed by atoms with Crippen LogP contribution < -0.4 is 5.32 Å². The monoisotopic (exact) mass is 910 g/mol. The molecule has 0 aromatic rings. The fourth-order valence-electron chi connectivity index (χ4n) is 8.50. The summed E-state index contributed by atoms with van der Waals surface area (Å²) in [7, 11) is -5.13. The average Bonchev–Trinajstić information content (AvgIpc) is 3.25. The van der Waals surface area contributed by atoms with Crippen molar-refractivity contribution in [2.45, 2.75) is 293 Å². The largest absolute Gasteiger partial charge is 0.472 e. The second-order valence-electron chi connectivity index (χ2n) is 18.5. The molecule has 370 valence electrons. The van der Waals surface area contributed by atoms with Crippen molar-refractivity contribution in [1.29, 1.82) is 0 Å². The van der Waals surface area contributed by atoms with Crippen molar-refractivity contribution in [3.05, 3.63) is 0 Å². The highest BCUT2D eigenvalue weighted by atomic mass is 31.2. The van der Waals surface area contributed by atoms with Crippen LogP contribution in [0, 0.1) is 0 Å². The fourth-order valence-corrected chi connectivity index (χ4v) is 9.47. The molecular weight excluding hydrogens is 813 g/mol. The van der Waals surface area contributed by atoms with Crippen molar-refractivity contribution in [2.24, 2.45) is 0 Å². The van der Waals surface area contributed by atoms with Gasteiger partial charge in [0.1, 0.15) is 42.7 Å². The molecule has 0 radical (unpaired) electrons. The Morgan fingerprint density at radius 2 is 0.774 bits per heavy atom. The number of phosphoric ester groups is 1. The molecule has 0 spiro atoms. The number of aliphatic hydroxyl groups excluding tert-OH is 7. The molecule has 1 rings (SSSR count). The average molecular weight is 910 g/mol. The third-order valence-corrected chi connectivity index (χ3v) is 13.8. The summed E-state index contributed by atoms with van der Waals surface area (Å²) >= 11 is 0. The lowest BCUT2D eigenvalue weighted by molar-refractivity contribution is -0.220. The molecule has 0 bridgehead atoms. The molecule has 0 saturated heterocycles. The summed E-state index contributed by atoms with van der Waals surface area (Å²) in [6.45, 7) is 3.78. The number of phosphoric acid groups is 1. The van der Waals surface area contributed by atoms with Crippen molar-refractivity contribution in [1.82, 2.24) is 5.32 Å². The molecule has 0 aliphatic heterocycles. The van der Waals surface area contributed by atoms with E-state index in [1.165, 1.54) is 154 Å². The maximum absolute atomic E-state index is 13.1. The predicted molar refractivity (Wildman–Crippen MR) is 248 cm³/mol. The zero-order valence-corrected chi connectivity index (χ0v) is 40.2. The first-order chi connectivity index (χ1) is 29.9. The van der Waals surface area contributed by atoms with Gasteiger partial charge in [0.25, 0.3) is 0 Å². The first-order valence-electron chi connectivity index (χ1n) is 25.6. The maximum atomic E-state index is 13.1. The van der Waals surface area contributed by atoms with Gasteiger partial charge >= 0.3 is 7.82 Å². The second-order valence-corrected chi connectivity index (χ2v) is 19.9. The molecule has 0 aromatic carbocycles. The van der Waals surface area contributed by atoms with E-state index in [1.807, 2.05) is 0 Å². The Bertz CT molecular complexity index is 1070. The number of nitrogens with one attached hydrogen (secondary N) is 1. The van der Waals surface area contributed by atoms with Gasteiger partial charge in [-0.1, -0.05) is 226 Å². The van der Waals surface area contributed by atoms with Crippen LogP contribution in [-0.2, 0) is 18.4 Å². The third kappa shape index (κ3) is 29.0. The highest BCUT2D eigenvalue weighted by Gasteiger charge is 2.51. The minimum Gasteiger partial charge on any atom is -0.391 e. The second kappa shape index (κ2) is 38.4. The van der Waals surface area contributed by atoms with Gasteiger partial charge in [-0.2, -0.15) is 0 Å². The minimum atomic E-state index is -5.13. The molecule has 0 aromatic heterocycles. The summed E-state index contributed by atoms with van der Waals surface area (Å²) in [6.07, 6.45) is 26.1. The van der Waals surface area contributed by atoms with Gasteiger partial charge < -0.3 is 46.0 Å². The van der Waals surface area contributed by atoms with Crippen molar-refractivity contribution in [2.75, 3.05) is 6.61 Å². The number of hydrogen-bond acceptors (Lipinski definition) is 11. The first-order valence-corrected chi connectivity index (χ1v) is 27.1. The Labute approximate surface area is 377 Å². The van der Waals surface area contributed by atoms with E-state index < -0.39 is 75.2 Å². The van der Waals surface area contributed by atoms with E-state index in [-0.39, 0.29) is 12.8 Å². The number of amides is 1. The quantitative estimate of drug-likeness (QED) is 0.0206. The number of carbonyl (C=O) groups is 1. The van der Waals surface area contributed by atoms with Gasteiger partial charge in [-0.3, -0.25) is 13.8 Å². The zero-order valence-electron chi connectivity index (χ0n) is 39.3. The topological polar surface area (TPSA) is 226 Å². The SMILES string of the molecule is CCCCCCCCCCCCCCCCCCCCCC[C@H](O)C(=O)N[C@@H](COP(=O)(O)OC1[C@H](O)[C@H](O)C(O)[C@H](O)[C@H]1O)[C@H](O)CCCCCCCCCCCCCCC. The third-order valence-electron chi connectivity index (χ3n) is 12.8. The zero-order chi connectivity index (χ0) is 45.9. The van der Waals surface area contributed by atoms with Crippen LogP contribution in [0.15, 0.2) is 0 Å². The fraction of sp³-hybridized carbons (Fsp3) is 0.979. The van der Waals surface area contributed by atoms with Crippen molar-refractivity contribution in [3.63, 3.8) is 0 Å². The molecule has 1 aliphatic rings. The Morgan fingerprint density at radius 1 is 0.484 bits per heavy atom. The summed E-state index contributed by atoms with van der Waals surface area (Å²) in [6, 6.07) is -1.20. The van der Waals surface area contributed by atoms with Crippen LogP contribution in [0.5, 0.6) is 0 Å². The van der Waals surface area contributed by atoms with E-state index in [2.05, 4.69) is 19.2 Å². The lowest BCUT2D eigenvalue weighted by Crippen LogP contribution is -2.64. The molecule has 14 heteroatoms. The smallest absolute Gasteiger partial charge is 0.391 e. The van der Waals surface area contributed by atoms with Gasteiger partial charge in [0.15, 0.2) is 0 Å². The summed E-state index contributed by atoms with van der Waals surface area (Å²) in [5, 5.41) is 74.7. The van der Waals surface area contributed by atoms with Gasteiger partial charge in [-0.05, 0) is 12.8 Å². The van der Waals surface area contributed by atoms with Gasteiger partial charge in [0.2, 0.25) is 5.91 Å². The van der Waals surface area contributed by atoms with Crippen LogP contribution >= 0.6 is 7.82 Å². The van der Waals surface area contributed by atoms with E-state index in [1.54, 1.807) is 0 Å². The van der Waals surface area contributed by atoms with Gasteiger partial charge in [0.05, 0.1) is 18.8 Å². The van der Waals surface area contributed by atoms with Crippen molar-refractivity contribution < 1.29 is 59.0 Å². The molecule has 1 fully saturated rings. The van der Waals surface area contributed by atoms with Crippen LogP contribution in [-0.4, -0.2) is 108 Å². The lowest BCUT2D eigenvalue weighted by atomic mass is 9.85. The van der Waals surface area contributed by atoms with E-state index in [0.29, 0.717) is 12.8 Å². The molecule has 1 saturated carbocycles.